The van der Waals surface area contributed by atoms with E-state index in [0.29, 0.717) is 5.92 Å². The molecule has 2 aliphatic rings. The minimum atomic E-state index is 0.599. The lowest BCUT2D eigenvalue weighted by Gasteiger charge is -2.34. The van der Waals surface area contributed by atoms with Gasteiger partial charge in [-0.05, 0) is 50.4 Å². The van der Waals surface area contributed by atoms with Gasteiger partial charge in [0.05, 0.1) is 11.7 Å². The summed E-state index contributed by atoms with van der Waals surface area (Å²) in [4.78, 5) is 27.3. The number of aromatic nitrogens is 5. The zero-order valence-electron chi connectivity index (χ0n) is 17.4. The van der Waals surface area contributed by atoms with Crippen LogP contribution in [-0.2, 0) is 0 Å². The highest BCUT2D eigenvalue weighted by molar-refractivity contribution is 5.97. The number of anilines is 1. The smallest absolute Gasteiger partial charge is 0.163 e. The molecule has 0 bridgehead atoms. The quantitative estimate of drug-likeness (QED) is 0.568. The minimum Gasteiger partial charge on any atom is -0.353 e. The third-order valence-electron chi connectivity index (χ3n) is 6.34. The van der Waals surface area contributed by atoms with E-state index in [9.17, 15) is 0 Å². The van der Waals surface area contributed by atoms with Crippen molar-refractivity contribution in [2.24, 2.45) is 0 Å². The first-order chi connectivity index (χ1) is 14.7. The molecule has 0 unspecified atom stereocenters. The molecule has 7 nitrogen and oxygen atoms in total. The van der Waals surface area contributed by atoms with Crippen LogP contribution in [0.15, 0.2) is 30.7 Å². The molecular formula is C23H25N7. The van der Waals surface area contributed by atoms with Gasteiger partial charge in [0, 0.05) is 60.6 Å². The minimum absolute atomic E-state index is 0.599. The van der Waals surface area contributed by atoms with Crippen molar-refractivity contribution in [3.05, 3.63) is 42.0 Å². The van der Waals surface area contributed by atoms with Crippen LogP contribution >= 0.6 is 0 Å². The van der Waals surface area contributed by atoms with Crippen molar-refractivity contribution in [3.63, 3.8) is 0 Å². The number of H-pyrrole nitrogens is 1. The number of nitrogens with one attached hydrogen (secondary N) is 1. The van der Waals surface area contributed by atoms with Crippen molar-refractivity contribution >= 4 is 27.8 Å². The van der Waals surface area contributed by atoms with E-state index in [1.165, 1.54) is 23.8 Å². The maximum atomic E-state index is 5.18. The average molecular weight is 400 g/mol. The molecule has 0 spiro atoms. The molecule has 0 amide bonds. The molecule has 1 saturated carbocycles. The third kappa shape index (κ3) is 2.92. The number of aromatic amines is 1. The number of piperazine rings is 1. The molecule has 0 aromatic carbocycles. The van der Waals surface area contributed by atoms with Gasteiger partial charge >= 0.3 is 0 Å². The van der Waals surface area contributed by atoms with E-state index in [1.54, 1.807) is 0 Å². The summed E-state index contributed by atoms with van der Waals surface area (Å²) in [6.07, 6.45) is 8.22. The number of hydrogen-bond acceptors (Lipinski definition) is 6. The van der Waals surface area contributed by atoms with Gasteiger partial charge in [-0.15, -0.1) is 0 Å². The molecule has 4 aromatic rings. The molecule has 7 heteroatoms. The normalized spacial score (nSPS) is 17.9. The predicted molar refractivity (Wildman–Crippen MR) is 119 cm³/mol. The lowest BCUT2D eigenvalue weighted by atomic mass is 10.1. The van der Waals surface area contributed by atoms with Crippen LogP contribution in [0.25, 0.3) is 33.3 Å². The van der Waals surface area contributed by atoms with E-state index >= 15 is 0 Å². The molecular weight excluding hydrogens is 374 g/mol. The Balaban J connectivity index is 1.59. The Morgan fingerprint density at radius 2 is 1.90 bits per heavy atom. The van der Waals surface area contributed by atoms with Crippen LogP contribution in [0.2, 0.25) is 0 Å². The Labute approximate surface area is 175 Å². The number of likely N-dealkylation sites (N-methyl/N-ethyl adjacent to an activating group) is 1. The molecule has 1 N–H and O–H groups in total. The molecule has 6 rings (SSSR count). The van der Waals surface area contributed by atoms with Crippen LogP contribution in [0.5, 0.6) is 0 Å². The highest BCUT2D eigenvalue weighted by Gasteiger charge is 2.29. The lowest BCUT2D eigenvalue weighted by Crippen LogP contribution is -2.45. The Morgan fingerprint density at radius 1 is 1.07 bits per heavy atom. The van der Waals surface area contributed by atoms with Crippen molar-refractivity contribution < 1.29 is 0 Å². The number of pyridine rings is 2. The van der Waals surface area contributed by atoms with Crippen LogP contribution in [0.3, 0.4) is 0 Å². The largest absolute Gasteiger partial charge is 0.353 e. The number of aryl methyl sites for hydroxylation is 1. The van der Waals surface area contributed by atoms with Gasteiger partial charge in [0.1, 0.15) is 11.5 Å². The average Bonchev–Trinajstić information content (AvgIpc) is 3.53. The highest BCUT2D eigenvalue weighted by Crippen LogP contribution is 2.45. The standard InChI is InChI=1S/C23H25N7/c1-14-11-17-16(5-6-25-21(17)26-14)22-27-19-13-24-12-18(15-3-4-15)20(19)23(28-22)30-9-7-29(2)8-10-30/h5-6,11-13,15H,3-4,7-10H2,1-2H3,(H,25,26). The van der Waals surface area contributed by atoms with Gasteiger partial charge in [-0.2, -0.15) is 0 Å². The maximum Gasteiger partial charge on any atom is 0.163 e. The fourth-order valence-corrected chi connectivity index (χ4v) is 4.51. The van der Waals surface area contributed by atoms with E-state index < -0.39 is 0 Å². The second-order valence-electron chi connectivity index (χ2n) is 8.63. The number of nitrogens with zero attached hydrogens (tertiary/aromatic N) is 6. The molecule has 1 aliphatic heterocycles. The Bertz CT molecular complexity index is 1250. The summed E-state index contributed by atoms with van der Waals surface area (Å²) in [6.45, 7) is 6.09. The molecule has 5 heterocycles. The van der Waals surface area contributed by atoms with Crippen LogP contribution in [0.1, 0.15) is 30.0 Å². The Hall–Kier alpha value is -3.06. The van der Waals surface area contributed by atoms with E-state index in [4.69, 9.17) is 9.97 Å². The number of hydrogen-bond donors (Lipinski definition) is 1. The molecule has 30 heavy (non-hydrogen) atoms. The fraction of sp³-hybridized carbons (Fsp3) is 0.391. The van der Waals surface area contributed by atoms with Gasteiger partial charge in [0.25, 0.3) is 0 Å². The van der Waals surface area contributed by atoms with E-state index in [1.807, 2.05) is 31.6 Å². The maximum absolute atomic E-state index is 5.18. The summed E-state index contributed by atoms with van der Waals surface area (Å²) in [7, 11) is 2.18. The molecule has 0 radical (unpaired) electrons. The zero-order valence-corrected chi connectivity index (χ0v) is 17.4. The second kappa shape index (κ2) is 6.74. The summed E-state index contributed by atoms with van der Waals surface area (Å²) >= 11 is 0. The SMILES string of the molecule is Cc1cc2c(-c3nc(N4CCN(C)CC4)c4c(C5CC5)cncc4n3)ccnc2[nH]1. The van der Waals surface area contributed by atoms with Crippen LogP contribution in [-0.4, -0.2) is 63.0 Å². The molecule has 2 fully saturated rings. The summed E-state index contributed by atoms with van der Waals surface area (Å²) in [5, 5.41) is 2.25. The Morgan fingerprint density at radius 3 is 2.70 bits per heavy atom. The highest BCUT2D eigenvalue weighted by atomic mass is 15.3. The van der Waals surface area contributed by atoms with Crippen molar-refractivity contribution in [1.29, 1.82) is 0 Å². The van der Waals surface area contributed by atoms with Crippen molar-refractivity contribution in [2.75, 3.05) is 38.1 Å². The molecule has 152 valence electrons. The molecule has 0 atom stereocenters. The molecule has 1 aliphatic carbocycles. The summed E-state index contributed by atoms with van der Waals surface area (Å²) in [6, 6.07) is 4.14. The first-order valence-corrected chi connectivity index (χ1v) is 10.7. The monoisotopic (exact) mass is 399 g/mol. The van der Waals surface area contributed by atoms with Gasteiger partial charge in [-0.3, -0.25) is 4.98 Å². The van der Waals surface area contributed by atoms with Gasteiger partial charge in [0.15, 0.2) is 5.82 Å². The van der Waals surface area contributed by atoms with Crippen LogP contribution in [0.4, 0.5) is 5.82 Å². The summed E-state index contributed by atoms with van der Waals surface area (Å²) in [5.41, 5.74) is 5.22. The first-order valence-electron chi connectivity index (χ1n) is 10.7. The summed E-state index contributed by atoms with van der Waals surface area (Å²) in [5.74, 6) is 2.41. The van der Waals surface area contributed by atoms with Crippen LogP contribution in [0, 0.1) is 6.92 Å². The second-order valence-corrected chi connectivity index (χ2v) is 8.63. The molecule has 1 saturated heterocycles. The predicted octanol–water partition coefficient (Wildman–Crippen LogP) is 3.51. The van der Waals surface area contributed by atoms with Crippen molar-refractivity contribution in [3.8, 4) is 11.4 Å². The van der Waals surface area contributed by atoms with Gasteiger partial charge in [-0.25, -0.2) is 15.0 Å². The van der Waals surface area contributed by atoms with Gasteiger partial charge < -0.3 is 14.8 Å². The topological polar surface area (TPSA) is 73.8 Å². The van der Waals surface area contributed by atoms with Crippen molar-refractivity contribution in [1.82, 2.24) is 29.8 Å². The molecule has 4 aromatic heterocycles. The van der Waals surface area contributed by atoms with Crippen molar-refractivity contribution in [2.45, 2.75) is 25.7 Å². The van der Waals surface area contributed by atoms with Crippen LogP contribution < -0.4 is 4.90 Å². The number of rotatable bonds is 3. The zero-order chi connectivity index (χ0) is 20.2. The van der Waals surface area contributed by atoms with E-state index in [0.717, 1.165) is 65.6 Å². The van der Waals surface area contributed by atoms with E-state index in [-0.39, 0.29) is 0 Å². The van der Waals surface area contributed by atoms with E-state index in [2.05, 4.69) is 37.9 Å². The third-order valence-corrected chi connectivity index (χ3v) is 6.34. The first kappa shape index (κ1) is 17.8. The van der Waals surface area contributed by atoms with Gasteiger partial charge in [-0.1, -0.05) is 0 Å². The number of fused-ring (bicyclic) bond motifs is 2. The summed E-state index contributed by atoms with van der Waals surface area (Å²) < 4.78 is 0. The Kier molecular flexibility index (Phi) is 3.99. The lowest BCUT2D eigenvalue weighted by molar-refractivity contribution is 0.312. The fourth-order valence-electron chi connectivity index (χ4n) is 4.51. The van der Waals surface area contributed by atoms with Gasteiger partial charge in [0.2, 0.25) is 0 Å².